The fourth-order valence-corrected chi connectivity index (χ4v) is 0.276. The van der Waals surface area contributed by atoms with Crippen LogP contribution < -0.4 is 0 Å². The van der Waals surface area contributed by atoms with Gasteiger partial charge in [0.2, 0.25) is 0 Å². The molecule has 0 saturated heterocycles. The second-order valence-corrected chi connectivity index (χ2v) is 1.38. The van der Waals surface area contributed by atoms with Gasteiger partial charge >= 0.3 is 11.9 Å². The molecule has 0 aromatic rings. The topological polar surface area (TPSA) is 74.6 Å². The highest BCUT2D eigenvalue weighted by Gasteiger charge is 1.99. The number of carboxylic acids is 2. The van der Waals surface area contributed by atoms with Crippen LogP contribution >= 0.6 is 0 Å². The van der Waals surface area contributed by atoms with E-state index in [0.29, 0.717) is 0 Å². The Hall–Kier alpha value is -1.06. The van der Waals surface area contributed by atoms with Crippen LogP contribution in [0.4, 0.5) is 0 Å². The zero-order chi connectivity index (χ0) is 9.07. The van der Waals surface area contributed by atoms with E-state index in [1.54, 1.807) is 0 Å². The van der Waals surface area contributed by atoms with Gasteiger partial charge in [0.25, 0.3) is 0 Å². The van der Waals surface area contributed by atoms with Crippen LogP contribution in [-0.4, -0.2) is 22.2 Å². The van der Waals surface area contributed by atoms with Crippen molar-refractivity contribution in [2.24, 2.45) is 0 Å². The van der Waals surface area contributed by atoms with Gasteiger partial charge in [0, 0.05) is 15.5 Å². The Morgan fingerprint density at radius 2 is 1.89 bits per heavy atom. The van der Waals surface area contributed by atoms with E-state index in [1.807, 2.05) is 0 Å². The van der Waals surface area contributed by atoms with Gasteiger partial charge in [-0.15, -0.1) is 0 Å². The third kappa shape index (κ3) is 6.94. The van der Waals surface area contributed by atoms with Gasteiger partial charge in [0.15, 0.2) is 0 Å². The minimum atomic E-state index is -2.43. The molecule has 2 N–H and O–H groups in total. The van der Waals surface area contributed by atoms with Gasteiger partial charge in [-0.05, 0) is 6.42 Å². The summed E-state index contributed by atoms with van der Waals surface area (Å²) >= 11 is 0. The van der Waals surface area contributed by atoms with Crippen LogP contribution in [-0.2, 0) is 9.59 Å². The van der Waals surface area contributed by atoms with Crippen molar-refractivity contribution in [1.29, 1.82) is 0 Å². The van der Waals surface area contributed by atoms with Gasteiger partial charge < -0.3 is 10.2 Å². The molecule has 0 unspecified atom stereocenters. The largest absolute Gasteiger partial charge is 0.481 e. The van der Waals surface area contributed by atoms with Gasteiger partial charge in [0.1, 0.15) is 0 Å². The molecule has 0 radical (unpaired) electrons. The van der Waals surface area contributed by atoms with E-state index in [-0.39, 0.29) is 0 Å². The molecule has 4 nitrogen and oxygen atoms in total. The second kappa shape index (κ2) is 3.88. The van der Waals surface area contributed by atoms with Gasteiger partial charge in [-0.3, -0.25) is 9.59 Å². The normalized spacial score (nSPS) is 13.8. The first-order valence-corrected chi connectivity index (χ1v) is 2.31. The Balaban J connectivity index is 3.92. The van der Waals surface area contributed by atoms with Crippen molar-refractivity contribution in [3.05, 3.63) is 0 Å². The van der Waals surface area contributed by atoms with Gasteiger partial charge in [-0.2, -0.15) is 0 Å². The van der Waals surface area contributed by atoms with Crippen LogP contribution in [0.1, 0.15) is 22.0 Å². The summed E-state index contributed by atoms with van der Waals surface area (Å²) in [6, 6.07) is 0. The average Bonchev–Trinajstić information content (AvgIpc) is 1.84. The Morgan fingerprint density at radius 1 is 1.33 bits per heavy atom. The van der Waals surface area contributed by atoms with Crippen LogP contribution in [0.25, 0.3) is 0 Å². The van der Waals surface area contributed by atoms with Gasteiger partial charge in [-0.25, -0.2) is 0 Å². The van der Waals surface area contributed by atoms with E-state index in [4.69, 9.17) is 13.0 Å². The average molecular weight is 134 g/mol. The van der Waals surface area contributed by atoms with Crippen LogP contribution in [0, 0.1) is 0 Å². The van der Waals surface area contributed by atoms with Crippen LogP contribution in [0.2, 0.25) is 0 Å². The third-order valence-electron chi connectivity index (χ3n) is 0.615. The first-order valence-electron chi connectivity index (χ1n) is 3.31. The van der Waals surface area contributed by atoms with E-state index in [2.05, 4.69) is 0 Å². The van der Waals surface area contributed by atoms with Crippen molar-refractivity contribution >= 4 is 11.9 Å². The summed E-state index contributed by atoms with van der Waals surface area (Å²) in [6.45, 7) is 0. The van der Waals surface area contributed by atoms with E-state index in [0.717, 1.165) is 0 Å². The minimum Gasteiger partial charge on any atom is -0.481 e. The Kier molecular flexibility index (Phi) is 2.06. The maximum atomic E-state index is 10.1. The lowest BCUT2D eigenvalue weighted by atomic mass is 10.2. The highest BCUT2D eigenvalue weighted by molar-refractivity contribution is 5.69. The molecule has 9 heavy (non-hydrogen) atoms. The first kappa shape index (κ1) is 4.78. The van der Waals surface area contributed by atoms with Crippen molar-refractivity contribution in [2.75, 3.05) is 0 Å². The molecule has 0 saturated carbocycles. The summed E-state index contributed by atoms with van der Waals surface area (Å²) < 4.78 is 13.6. The Labute approximate surface area is 54.9 Å². The molecule has 0 fully saturated rings. The maximum Gasteiger partial charge on any atom is 0.303 e. The molecule has 0 atom stereocenters. The van der Waals surface area contributed by atoms with Gasteiger partial charge in [0.05, 0.1) is 0 Å². The number of carboxylic acid groups (broad SMARTS) is 2. The highest BCUT2D eigenvalue weighted by Crippen LogP contribution is 1.93. The second-order valence-electron chi connectivity index (χ2n) is 1.38. The summed E-state index contributed by atoms with van der Waals surface area (Å²) in [5, 5.41) is 16.3. The summed E-state index contributed by atoms with van der Waals surface area (Å²) in [6.07, 6.45) is -3.41. The molecule has 0 aromatic carbocycles. The number of carbonyl (C=O) groups is 2. The van der Waals surface area contributed by atoms with E-state index in [1.165, 1.54) is 0 Å². The zero-order valence-electron chi connectivity index (χ0n) is 6.63. The first-order chi connectivity index (χ1) is 4.86. The molecule has 4 heteroatoms. The van der Waals surface area contributed by atoms with Crippen molar-refractivity contribution in [3.63, 3.8) is 0 Å². The lowest BCUT2D eigenvalue weighted by molar-refractivity contribution is -0.138. The molecular formula is C5H8O4. The SMILES string of the molecule is [2H]C([2H])(CCC(=O)O)C(=O)O. The third-order valence-corrected chi connectivity index (χ3v) is 0.615. The summed E-state index contributed by atoms with van der Waals surface area (Å²) in [5.41, 5.74) is 0. The van der Waals surface area contributed by atoms with Crippen LogP contribution in [0.3, 0.4) is 0 Å². The number of rotatable bonds is 4. The lowest BCUT2D eigenvalue weighted by Gasteiger charge is -1.89. The van der Waals surface area contributed by atoms with Crippen molar-refractivity contribution in [2.45, 2.75) is 19.2 Å². The zero-order valence-corrected chi connectivity index (χ0v) is 4.63. The molecule has 0 bridgehead atoms. The summed E-state index contributed by atoms with van der Waals surface area (Å²) in [4.78, 5) is 20.0. The molecule has 52 valence electrons. The van der Waals surface area contributed by atoms with Gasteiger partial charge in [-0.1, -0.05) is 0 Å². The van der Waals surface area contributed by atoms with Crippen molar-refractivity contribution < 1.29 is 22.5 Å². The standard InChI is InChI=1S/C5H8O4/c6-4(7)2-1-3-5(8)9/h1-3H2,(H,6,7)(H,8,9)/i2D2. The van der Waals surface area contributed by atoms with Crippen LogP contribution in [0.5, 0.6) is 0 Å². The van der Waals surface area contributed by atoms with Crippen molar-refractivity contribution in [3.8, 4) is 0 Å². The molecule has 0 amide bonds. The molecule has 0 rings (SSSR count). The van der Waals surface area contributed by atoms with Crippen LogP contribution in [0.15, 0.2) is 0 Å². The Bertz CT molecular complexity index is 177. The molecule has 0 heterocycles. The fourth-order valence-electron chi connectivity index (χ4n) is 0.276. The molecular weight excluding hydrogens is 124 g/mol. The Morgan fingerprint density at radius 3 is 2.22 bits per heavy atom. The fraction of sp³-hybridized carbons (Fsp3) is 0.600. The number of hydrogen-bond acceptors (Lipinski definition) is 2. The van der Waals surface area contributed by atoms with E-state index in [9.17, 15) is 9.59 Å². The molecule has 0 spiro atoms. The smallest absolute Gasteiger partial charge is 0.303 e. The number of hydrogen-bond donors (Lipinski definition) is 2. The monoisotopic (exact) mass is 134 g/mol. The van der Waals surface area contributed by atoms with Crippen molar-refractivity contribution in [1.82, 2.24) is 0 Å². The van der Waals surface area contributed by atoms with E-state index < -0.39 is 31.2 Å². The quantitative estimate of drug-likeness (QED) is 0.580. The summed E-state index contributed by atoms with van der Waals surface area (Å²) in [7, 11) is 0. The summed E-state index contributed by atoms with van der Waals surface area (Å²) in [5.74, 6) is -2.83. The van der Waals surface area contributed by atoms with E-state index >= 15 is 0 Å². The lowest BCUT2D eigenvalue weighted by Crippen LogP contribution is -1.98. The molecule has 0 aliphatic heterocycles. The maximum absolute atomic E-state index is 10.1. The predicted octanol–water partition coefficient (Wildman–Crippen LogP) is 0.326. The molecule has 0 aliphatic carbocycles. The highest BCUT2D eigenvalue weighted by atomic mass is 16.4. The number of aliphatic carboxylic acids is 2. The molecule has 0 aliphatic rings. The predicted molar refractivity (Wildman–Crippen MR) is 29.1 cm³/mol. The molecule has 0 aromatic heterocycles. The minimum absolute atomic E-state index is 0.473.